The number of nitrogens with one attached hydrogen (secondary N) is 3. The lowest BCUT2D eigenvalue weighted by Gasteiger charge is -2.11. The minimum absolute atomic E-state index is 0.411. The Balaban J connectivity index is 1.63. The molecule has 1 aromatic heterocycles. The molecule has 0 saturated heterocycles. The zero-order chi connectivity index (χ0) is 15.4. The van der Waals surface area contributed by atoms with E-state index in [1.165, 1.54) is 11.1 Å². The predicted molar refractivity (Wildman–Crippen MR) is 91.3 cm³/mol. The number of benzene rings is 2. The number of rotatable bonds is 5. The number of hydrogen-bond donors (Lipinski definition) is 4. The van der Waals surface area contributed by atoms with Gasteiger partial charge in [-0.25, -0.2) is 0 Å². The highest BCUT2D eigenvalue weighted by atomic mass is 32.1. The largest absolute Gasteiger partial charge is 0.385 e. The Kier molecular flexibility index (Phi) is 4.37. The lowest BCUT2D eigenvalue weighted by atomic mass is 10.1. The second-order valence-electron chi connectivity index (χ2n) is 5.04. The Morgan fingerprint density at radius 1 is 1.00 bits per heavy atom. The minimum atomic E-state index is -0.637. The molecule has 3 rings (SSSR count). The summed E-state index contributed by atoms with van der Waals surface area (Å²) in [7, 11) is 0. The van der Waals surface area contributed by atoms with Gasteiger partial charge in [0.05, 0.1) is 5.69 Å². The van der Waals surface area contributed by atoms with Gasteiger partial charge in [0.2, 0.25) is 0 Å². The second kappa shape index (κ2) is 6.60. The Bertz CT molecular complexity index is 777. The van der Waals surface area contributed by atoms with Crippen LogP contribution in [0.15, 0.2) is 60.8 Å². The van der Waals surface area contributed by atoms with Crippen molar-refractivity contribution in [2.24, 2.45) is 0 Å². The fourth-order valence-electron chi connectivity index (χ4n) is 2.26. The molecule has 1 atom stereocenters. The summed E-state index contributed by atoms with van der Waals surface area (Å²) in [5.74, 6) is 0. The highest BCUT2D eigenvalue weighted by Gasteiger charge is 2.08. The van der Waals surface area contributed by atoms with Crippen molar-refractivity contribution in [1.82, 2.24) is 9.97 Å². The van der Waals surface area contributed by atoms with Crippen molar-refractivity contribution >= 4 is 17.9 Å². The first-order valence-corrected chi connectivity index (χ1v) is 7.48. The number of aromatic amines is 2. The van der Waals surface area contributed by atoms with Crippen LogP contribution in [0.4, 0.5) is 5.69 Å². The van der Waals surface area contributed by atoms with Gasteiger partial charge in [-0.05, 0) is 35.5 Å². The molecule has 0 amide bonds. The van der Waals surface area contributed by atoms with Gasteiger partial charge in [0.1, 0.15) is 6.10 Å². The SMILES string of the molecule is OC(CNc1ccc(-c2ccccc2)cc1)c1c[nH]c(=S)[nH]1. The van der Waals surface area contributed by atoms with Crippen LogP contribution in [-0.2, 0) is 0 Å². The average Bonchev–Trinajstić information content (AvgIpc) is 3.00. The monoisotopic (exact) mass is 311 g/mol. The number of aliphatic hydroxyl groups is 1. The minimum Gasteiger partial charge on any atom is -0.385 e. The van der Waals surface area contributed by atoms with Gasteiger partial charge in [0, 0.05) is 18.4 Å². The summed E-state index contributed by atoms with van der Waals surface area (Å²) in [6.45, 7) is 0.411. The highest BCUT2D eigenvalue weighted by molar-refractivity contribution is 7.71. The zero-order valence-electron chi connectivity index (χ0n) is 11.9. The van der Waals surface area contributed by atoms with Crippen molar-refractivity contribution in [3.63, 3.8) is 0 Å². The molecule has 0 bridgehead atoms. The molecule has 4 nitrogen and oxygen atoms in total. The van der Waals surface area contributed by atoms with Gasteiger partial charge in [-0.2, -0.15) is 0 Å². The first-order valence-electron chi connectivity index (χ1n) is 7.07. The predicted octanol–water partition coefficient (Wildman–Crippen LogP) is 3.88. The summed E-state index contributed by atoms with van der Waals surface area (Å²) in [6, 6.07) is 18.4. The fourth-order valence-corrected chi connectivity index (χ4v) is 2.44. The Labute approximate surface area is 133 Å². The first-order chi connectivity index (χ1) is 10.7. The van der Waals surface area contributed by atoms with Crippen LogP contribution in [0.3, 0.4) is 0 Å². The first kappa shape index (κ1) is 14.6. The third-order valence-corrected chi connectivity index (χ3v) is 3.69. The molecule has 1 unspecified atom stereocenters. The lowest BCUT2D eigenvalue weighted by Crippen LogP contribution is -2.12. The highest BCUT2D eigenvalue weighted by Crippen LogP contribution is 2.21. The van der Waals surface area contributed by atoms with Crippen LogP contribution in [0.2, 0.25) is 0 Å². The van der Waals surface area contributed by atoms with Gasteiger partial charge in [0.25, 0.3) is 0 Å². The molecule has 22 heavy (non-hydrogen) atoms. The summed E-state index contributed by atoms with van der Waals surface area (Å²) in [6.07, 6.45) is 1.05. The van der Waals surface area contributed by atoms with E-state index < -0.39 is 6.10 Å². The van der Waals surface area contributed by atoms with Crippen molar-refractivity contribution < 1.29 is 5.11 Å². The van der Waals surface area contributed by atoms with E-state index in [1.807, 2.05) is 30.3 Å². The van der Waals surface area contributed by atoms with Gasteiger partial charge in [0.15, 0.2) is 4.77 Å². The summed E-state index contributed by atoms with van der Waals surface area (Å²) >= 11 is 4.95. The fraction of sp³-hybridized carbons (Fsp3) is 0.118. The number of imidazole rings is 1. The van der Waals surface area contributed by atoms with Crippen molar-refractivity contribution in [3.05, 3.63) is 71.3 Å². The number of aromatic nitrogens is 2. The van der Waals surface area contributed by atoms with Gasteiger partial charge in [-0.3, -0.25) is 0 Å². The van der Waals surface area contributed by atoms with Crippen LogP contribution in [0, 0.1) is 4.77 Å². The van der Waals surface area contributed by atoms with E-state index in [2.05, 4.69) is 39.6 Å². The molecule has 4 N–H and O–H groups in total. The number of hydrogen-bond acceptors (Lipinski definition) is 3. The molecule has 2 aromatic carbocycles. The summed E-state index contributed by atoms with van der Waals surface area (Å²) < 4.78 is 0.515. The summed E-state index contributed by atoms with van der Waals surface area (Å²) in [5.41, 5.74) is 4.00. The van der Waals surface area contributed by atoms with Gasteiger partial charge >= 0.3 is 0 Å². The molecule has 0 aliphatic heterocycles. The molecular weight excluding hydrogens is 294 g/mol. The van der Waals surface area contributed by atoms with Crippen LogP contribution in [-0.4, -0.2) is 21.6 Å². The third-order valence-electron chi connectivity index (χ3n) is 3.47. The van der Waals surface area contributed by atoms with Gasteiger partial charge < -0.3 is 20.4 Å². The molecule has 0 radical (unpaired) electrons. The molecule has 0 saturated carbocycles. The molecule has 0 fully saturated rings. The standard InChI is InChI=1S/C17H17N3OS/c21-16(15-10-19-17(22)20-15)11-18-14-8-6-13(7-9-14)12-4-2-1-3-5-12/h1-10,16,18,21H,11H2,(H2,19,20,22). The molecular formula is C17H17N3OS. The topological polar surface area (TPSA) is 63.8 Å². The van der Waals surface area contributed by atoms with Crippen LogP contribution >= 0.6 is 12.2 Å². The van der Waals surface area contributed by atoms with Gasteiger partial charge in [-0.15, -0.1) is 0 Å². The lowest BCUT2D eigenvalue weighted by molar-refractivity contribution is 0.187. The maximum atomic E-state index is 10.1. The second-order valence-corrected chi connectivity index (χ2v) is 5.45. The molecule has 0 aliphatic carbocycles. The Hall–Kier alpha value is -2.37. The van der Waals surface area contributed by atoms with Crippen LogP contribution in [0.1, 0.15) is 11.8 Å². The molecule has 5 heteroatoms. The van der Waals surface area contributed by atoms with E-state index in [-0.39, 0.29) is 0 Å². The number of H-pyrrole nitrogens is 2. The smallest absolute Gasteiger partial charge is 0.174 e. The van der Waals surface area contributed by atoms with Crippen molar-refractivity contribution in [2.75, 3.05) is 11.9 Å². The van der Waals surface area contributed by atoms with Crippen molar-refractivity contribution in [3.8, 4) is 11.1 Å². The third kappa shape index (κ3) is 3.44. The average molecular weight is 311 g/mol. The Morgan fingerprint density at radius 3 is 2.32 bits per heavy atom. The maximum absolute atomic E-state index is 10.1. The quantitative estimate of drug-likeness (QED) is 0.541. The summed E-state index contributed by atoms with van der Waals surface area (Å²) in [5, 5.41) is 13.3. The maximum Gasteiger partial charge on any atom is 0.174 e. The molecule has 3 aromatic rings. The molecule has 1 heterocycles. The molecule has 0 spiro atoms. The van der Waals surface area contributed by atoms with E-state index in [0.29, 0.717) is 17.0 Å². The van der Waals surface area contributed by atoms with Crippen molar-refractivity contribution in [1.29, 1.82) is 0 Å². The van der Waals surface area contributed by atoms with E-state index in [0.717, 1.165) is 5.69 Å². The van der Waals surface area contributed by atoms with E-state index in [4.69, 9.17) is 12.2 Å². The van der Waals surface area contributed by atoms with Gasteiger partial charge in [-0.1, -0.05) is 42.5 Å². The molecule has 0 aliphatic rings. The van der Waals surface area contributed by atoms with E-state index in [9.17, 15) is 5.11 Å². The zero-order valence-corrected chi connectivity index (χ0v) is 12.7. The Morgan fingerprint density at radius 2 is 1.68 bits per heavy atom. The number of anilines is 1. The van der Waals surface area contributed by atoms with Crippen LogP contribution < -0.4 is 5.32 Å². The summed E-state index contributed by atoms with van der Waals surface area (Å²) in [4.78, 5) is 5.76. The van der Waals surface area contributed by atoms with Crippen molar-refractivity contribution in [2.45, 2.75) is 6.10 Å². The van der Waals surface area contributed by atoms with Crippen LogP contribution in [0.5, 0.6) is 0 Å². The van der Waals surface area contributed by atoms with E-state index >= 15 is 0 Å². The van der Waals surface area contributed by atoms with E-state index in [1.54, 1.807) is 6.20 Å². The van der Waals surface area contributed by atoms with Crippen LogP contribution in [0.25, 0.3) is 11.1 Å². The number of aliphatic hydroxyl groups excluding tert-OH is 1. The molecule has 112 valence electrons. The normalized spacial score (nSPS) is 12.0.